The van der Waals surface area contributed by atoms with E-state index in [9.17, 15) is 9.59 Å². The Morgan fingerprint density at radius 1 is 1.07 bits per heavy atom. The van der Waals surface area contributed by atoms with Gasteiger partial charge in [-0.3, -0.25) is 14.5 Å². The summed E-state index contributed by atoms with van der Waals surface area (Å²) >= 11 is 0. The number of aryl methyl sites for hydroxylation is 1. The summed E-state index contributed by atoms with van der Waals surface area (Å²) in [5, 5.41) is 6.46. The quantitative estimate of drug-likeness (QED) is 0.780. The van der Waals surface area contributed by atoms with E-state index in [-0.39, 0.29) is 30.3 Å². The number of carbonyl (C=O) groups is 2. The van der Waals surface area contributed by atoms with E-state index in [0.717, 1.165) is 56.6 Å². The molecule has 1 atom stereocenters. The fourth-order valence-electron chi connectivity index (χ4n) is 4.09. The zero-order valence-electron chi connectivity index (χ0n) is 16.9. The van der Waals surface area contributed by atoms with Crippen LogP contribution in [0.3, 0.4) is 0 Å². The summed E-state index contributed by atoms with van der Waals surface area (Å²) in [5.41, 5.74) is 1.73. The zero-order chi connectivity index (χ0) is 19.2. The molecule has 0 aromatic heterocycles. The second-order valence-electron chi connectivity index (χ2n) is 7.81. The summed E-state index contributed by atoms with van der Waals surface area (Å²) in [7, 11) is 1.99. The van der Waals surface area contributed by atoms with Gasteiger partial charge in [0, 0.05) is 37.3 Å². The molecule has 0 bridgehead atoms. The van der Waals surface area contributed by atoms with Crippen molar-refractivity contribution >= 4 is 24.2 Å². The standard InChI is InChI=1S/C21H32N4O2.ClH/c1-16-6-3-4-8-19(16)21(27)23-17-9-12-25(13-10-17)20(26)15-24-11-5-7-18(14-24)22-2;/h3-4,6,8,17-18,22H,5,7,9-15H2,1-2H3,(H,23,27);1H. The van der Waals surface area contributed by atoms with Crippen molar-refractivity contribution in [3.63, 3.8) is 0 Å². The van der Waals surface area contributed by atoms with Crippen LogP contribution in [0.5, 0.6) is 0 Å². The summed E-state index contributed by atoms with van der Waals surface area (Å²) in [6.45, 7) is 5.87. The number of nitrogens with one attached hydrogen (secondary N) is 2. The number of likely N-dealkylation sites (N-methyl/N-ethyl adjacent to an activating group) is 1. The van der Waals surface area contributed by atoms with Crippen LogP contribution in [0.25, 0.3) is 0 Å². The van der Waals surface area contributed by atoms with Crippen molar-refractivity contribution in [2.24, 2.45) is 0 Å². The van der Waals surface area contributed by atoms with Crippen LogP contribution < -0.4 is 10.6 Å². The van der Waals surface area contributed by atoms with E-state index < -0.39 is 0 Å². The largest absolute Gasteiger partial charge is 0.349 e. The molecule has 2 saturated heterocycles. The minimum absolute atomic E-state index is 0. The van der Waals surface area contributed by atoms with Crippen molar-refractivity contribution in [3.8, 4) is 0 Å². The predicted octanol–water partition coefficient (Wildman–Crippen LogP) is 1.82. The van der Waals surface area contributed by atoms with Gasteiger partial charge in [-0.15, -0.1) is 12.4 Å². The van der Waals surface area contributed by atoms with Gasteiger partial charge in [0.1, 0.15) is 0 Å². The summed E-state index contributed by atoms with van der Waals surface area (Å²) in [6.07, 6.45) is 3.98. The van der Waals surface area contributed by atoms with Gasteiger partial charge in [0.2, 0.25) is 5.91 Å². The highest BCUT2D eigenvalue weighted by atomic mass is 35.5. The first-order chi connectivity index (χ1) is 13.1. The van der Waals surface area contributed by atoms with E-state index in [4.69, 9.17) is 0 Å². The minimum Gasteiger partial charge on any atom is -0.349 e. The number of piperidine rings is 2. The topological polar surface area (TPSA) is 64.7 Å². The van der Waals surface area contributed by atoms with Gasteiger partial charge in [-0.1, -0.05) is 18.2 Å². The molecule has 0 spiro atoms. The Morgan fingerprint density at radius 3 is 2.46 bits per heavy atom. The third-order valence-corrected chi connectivity index (χ3v) is 5.85. The molecule has 6 nitrogen and oxygen atoms in total. The third-order valence-electron chi connectivity index (χ3n) is 5.85. The number of hydrogen-bond donors (Lipinski definition) is 2. The van der Waals surface area contributed by atoms with Crippen LogP contribution >= 0.6 is 12.4 Å². The number of benzene rings is 1. The number of rotatable bonds is 5. The molecule has 28 heavy (non-hydrogen) atoms. The van der Waals surface area contributed by atoms with Gasteiger partial charge in [-0.25, -0.2) is 0 Å². The van der Waals surface area contributed by atoms with Crippen LogP contribution in [0, 0.1) is 6.92 Å². The smallest absolute Gasteiger partial charge is 0.251 e. The Labute approximate surface area is 174 Å². The second-order valence-corrected chi connectivity index (χ2v) is 7.81. The highest BCUT2D eigenvalue weighted by molar-refractivity contribution is 5.95. The van der Waals surface area contributed by atoms with Gasteiger partial charge >= 0.3 is 0 Å². The highest BCUT2D eigenvalue weighted by Gasteiger charge is 2.27. The normalized spacial score (nSPS) is 21.1. The average Bonchev–Trinajstić information content (AvgIpc) is 2.69. The Bertz CT molecular complexity index is 662. The van der Waals surface area contributed by atoms with Crippen molar-refractivity contribution in [3.05, 3.63) is 35.4 Å². The summed E-state index contributed by atoms with van der Waals surface area (Å²) in [5.74, 6) is 0.208. The lowest BCUT2D eigenvalue weighted by atomic mass is 10.0. The molecule has 1 aromatic carbocycles. The molecule has 2 aliphatic rings. The maximum absolute atomic E-state index is 12.6. The fourth-order valence-corrected chi connectivity index (χ4v) is 4.09. The number of carbonyl (C=O) groups excluding carboxylic acids is 2. The first kappa shape index (κ1) is 22.7. The molecule has 2 aliphatic heterocycles. The maximum Gasteiger partial charge on any atom is 0.251 e. The molecular formula is C21H33ClN4O2. The minimum atomic E-state index is -0.00991. The van der Waals surface area contributed by atoms with Gasteiger partial charge < -0.3 is 15.5 Å². The highest BCUT2D eigenvalue weighted by Crippen LogP contribution is 2.15. The molecule has 2 amide bonds. The molecule has 0 aliphatic carbocycles. The number of likely N-dealkylation sites (tertiary alicyclic amines) is 2. The number of nitrogens with zero attached hydrogens (tertiary/aromatic N) is 2. The SMILES string of the molecule is CNC1CCCN(CC(=O)N2CCC(NC(=O)c3ccccc3C)CC2)C1.Cl. The van der Waals surface area contributed by atoms with Crippen LogP contribution in [0.4, 0.5) is 0 Å². The van der Waals surface area contributed by atoms with Gasteiger partial charge in [0.15, 0.2) is 0 Å². The molecule has 2 heterocycles. The van der Waals surface area contributed by atoms with E-state index in [1.165, 1.54) is 6.42 Å². The molecule has 3 rings (SSSR count). The first-order valence-corrected chi connectivity index (χ1v) is 10.1. The maximum atomic E-state index is 12.6. The monoisotopic (exact) mass is 408 g/mol. The van der Waals surface area contributed by atoms with Crippen LogP contribution in [-0.2, 0) is 4.79 Å². The van der Waals surface area contributed by atoms with Gasteiger partial charge in [0.05, 0.1) is 6.54 Å². The molecular weight excluding hydrogens is 376 g/mol. The van der Waals surface area contributed by atoms with Crippen molar-refractivity contribution in [1.82, 2.24) is 20.4 Å². The van der Waals surface area contributed by atoms with E-state index in [2.05, 4.69) is 15.5 Å². The van der Waals surface area contributed by atoms with Crippen LogP contribution in [0.15, 0.2) is 24.3 Å². The summed E-state index contributed by atoms with van der Waals surface area (Å²) in [4.78, 5) is 29.3. The lowest BCUT2D eigenvalue weighted by Crippen LogP contribution is -2.51. The summed E-state index contributed by atoms with van der Waals surface area (Å²) in [6, 6.07) is 8.29. The Morgan fingerprint density at radius 2 is 1.79 bits per heavy atom. The van der Waals surface area contributed by atoms with Crippen LogP contribution in [0.1, 0.15) is 41.6 Å². The Kier molecular flexibility index (Phi) is 8.73. The van der Waals surface area contributed by atoms with Crippen molar-refractivity contribution < 1.29 is 9.59 Å². The summed E-state index contributed by atoms with van der Waals surface area (Å²) < 4.78 is 0. The molecule has 0 saturated carbocycles. The lowest BCUT2D eigenvalue weighted by molar-refractivity contribution is -0.133. The van der Waals surface area contributed by atoms with Crippen molar-refractivity contribution in [2.45, 2.75) is 44.7 Å². The van der Waals surface area contributed by atoms with Crippen LogP contribution in [0.2, 0.25) is 0 Å². The Hall–Kier alpha value is -1.63. The van der Waals surface area contributed by atoms with Gasteiger partial charge in [0.25, 0.3) is 5.91 Å². The van der Waals surface area contributed by atoms with E-state index in [1.807, 2.05) is 43.1 Å². The van der Waals surface area contributed by atoms with Crippen LogP contribution in [-0.4, -0.2) is 73.5 Å². The fraction of sp³-hybridized carbons (Fsp3) is 0.619. The van der Waals surface area contributed by atoms with Crippen molar-refractivity contribution in [2.75, 3.05) is 39.8 Å². The van der Waals surface area contributed by atoms with E-state index in [1.54, 1.807) is 0 Å². The second kappa shape index (κ2) is 10.8. The zero-order valence-corrected chi connectivity index (χ0v) is 17.8. The molecule has 2 fully saturated rings. The van der Waals surface area contributed by atoms with Gasteiger partial charge in [-0.05, 0) is 57.8 Å². The molecule has 1 aromatic rings. The first-order valence-electron chi connectivity index (χ1n) is 10.1. The molecule has 7 heteroatoms. The molecule has 1 unspecified atom stereocenters. The Balaban J connectivity index is 0.00000280. The lowest BCUT2D eigenvalue weighted by Gasteiger charge is -2.36. The molecule has 156 valence electrons. The molecule has 0 radical (unpaired) electrons. The van der Waals surface area contributed by atoms with Crippen molar-refractivity contribution in [1.29, 1.82) is 0 Å². The predicted molar refractivity (Wildman–Crippen MR) is 114 cm³/mol. The average molecular weight is 409 g/mol. The van der Waals surface area contributed by atoms with Gasteiger partial charge in [-0.2, -0.15) is 0 Å². The third kappa shape index (κ3) is 5.93. The molecule has 2 N–H and O–H groups in total. The number of amides is 2. The number of halogens is 1. The van der Waals surface area contributed by atoms with E-state index >= 15 is 0 Å². The van der Waals surface area contributed by atoms with E-state index in [0.29, 0.717) is 12.6 Å². The number of hydrogen-bond acceptors (Lipinski definition) is 4.